The lowest BCUT2D eigenvalue weighted by Gasteiger charge is -2.25. The Morgan fingerprint density at radius 2 is 1.21 bits per heavy atom. The van der Waals surface area contributed by atoms with E-state index in [2.05, 4.69) is 138 Å². The molecule has 0 aliphatic carbocycles. The van der Waals surface area contributed by atoms with E-state index < -0.39 is 0 Å². The average Bonchev–Trinajstić information content (AvgIpc) is 3.62. The van der Waals surface area contributed by atoms with Gasteiger partial charge >= 0.3 is 0 Å². The fourth-order valence-electron chi connectivity index (χ4n) is 6.24. The second kappa shape index (κ2) is 9.55. The van der Waals surface area contributed by atoms with E-state index in [1.165, 1.54) is 36.7 Å². The zero-order chi connectivity index (χ0) is 28.3. The summed E-state index contributed by atoms with van der Waals surface area (Å²) < 4.78 is 8.99. The van der Waals surface area contributed by atoms with Gasteiger partial charge in [0.1, 0.15) is 17.0 Å². The van der Waals surface area contributed by atoms with Crippen molar-refractivity contribution < 1.29 is 4.42 Å². The second-order valence-corrected chi connectivity index (χ2v) is 11.9. The molecule has 0 N–H and O–H groups in total. The first-order chi connectivity index (χ1) is 21.3. The fourth-order valence-corrected chi connectivity index (χ4v) is 7.38. The van der Waals surface area contributed by atoms with E-state index in [0.29, 0.717) is 0 Å². The van der Waals surface area contributed by atoms with Crippen LogP contribution in [-0.4, -0.2) is 4.98 Å². The van der Waals surface area contributed by atoms with Crippen LogP contribution in [0.5, 0.6) is 0 Å². The Morgan fingerprint density at radius 3 is 2.07 bits per heavy atom. The summed E-state index contributed by atoms with van der Waals surface area (Å²) in [6, 6.07) is 49.4. The van der Waals surface area contributed by atoms with Gasteiger partial charge in [-0.2, -0.15) is 0 Å². The summed E-state index contributed by atoms with van der Waals surface area (Å²) in [4.78, 5) is 7.30. The average molecular weight is 569 g/mol. The molecule has 0 bridgehead atoms. The Labute approximate surface area is 251 Å². The Morgan fingerprint density at radius 1 is 0.512 bits per heavy atom. The minimum absolute atomic E-state index is 0.823. The maximum absolute atomic E-state index is 6.45. The van der Waals surface area contributed by atoms with Crippen molar-refractivity contribution in [2.45, 2.75) is 0 Å². The van der Waals surface area contributed by atoms with E-state index in [0.717, 1.165) is 44.5 Å². The number of pyridine rings is 1. The predicted molar refractivity (Wildman–Crippen MR) is 182 cm³/mol. The normalized spacial score (nSPS) is 11.7. The van der Waals surface area contributed by atoms with Crippen molar-refractivity contribution in [2.75, 3.05) is 4.90 Å². The summed E-state index contributed by atoms with van der Waals surface area (Å²) in [6.07, 6.45) is 1.85. The first-order valence-electron chi connectivity index (χ1n) is 14.4. The molecule has 0 atom stereocenters. The molecule has 0 saturated carbocycles. The molecule has 0 saturated heterocycles. The van der Waals surface area contributed by atoms with E-state index in [1.54, 1.807) is 0 Å². The SMILES string of the molecule is c1ccc(-c2ccc(N(c3ccc4c(c3)sc3ccccc34)c3nccc4oc5cc6ccccc6cc5c34)cc2)cc1. The Kier molecular flexibility index (Phi) is 5.37. The number of fused-ring (bicyclic) bond motifs is 7. The third-order valence-corrected chi connectivity index (χ3v) is 9.43. The number of benzene rings is 6. The number of aromatic nitrogens is 1. The number of nitrogens with zero attached hydrogens (tertiary/aromatic N) is 2. The molecule has 202 valence electrons. The van der Waals surface area contributed by atoms with Crippen molar-refractivity contribution in [2.24, 2.45) is 0 Å². The smallest absolute Gasteiger partial charge is 0.149 e. The Balaban J connectivity index is 1.30. The van der Waals surface area contributed by atoms with Crippen LogP contribution in [0.1, 0.15) is 0 Å². The molecule has 0 aliphatic rings. The monoisotopic (exact) mass is 568 g/mol. The molecule has 0 amide bonds. The van der Waals surface area contributed by atoms with Crippen molar-refractivity contribution in [1.29, 1.82) is 0 Å². The van der Waals surface area contributed by atoms with Gasteiger partial charge in [-0.25, -0.2) is 4.98 Å². The lowest BCUT2D eigenvalue weighted by Crippen LogP contribution is -2.11. The summed E-state index contributed by atoms with van der Waals surface area (Å²) >= 11 is 1.83. The minimum atomic E-state index is 0.823. The van der Waals surface area contributed by atoms with Gasteiger partial charge in [0.05, 0.1) is 5.39 Å². The van der Waals surface area contributed by atoms with Crippen LogP contribution in [0.4, 0.5) is 17.2 Å². The van der Waals surface area contributed by atoms with E-state index in [1.807, 2.05) is 23.6 Å². The molecular formula is C39H24N2OS. The highest BCUT2D eigenvalue weighted by atomic mass is 32.1. The van der Waals surface area contributed by atoms with Gasteiger partial charge in [-0.15, -0.1) is 11.3 Å². The predicted octanol–water partition coefficient (Wildman–Crippen LogP) is 11.6. The van der Waals surface area contributed by atoms with Gasteiger partial charge in [0.25, 0.3) is 0 Å². The molecule has 0 radical (unpaired) electrons. The standard InChI is InChI=1S/C39H24N2OS/c1-2-8-25(9-3-1)26-14-16-29(17-15-26)41(30-18-19-32-31-12-6-7-13-36(31)43-37(32)24-30)39-38-33-22-27-10-4-5-11-28(27)23-35(33)42-34(38)20-21-40-39/h1-24H. The molecule has 0 spiro atoms. The third kappa shape index (κ3) is 3.92. The molecule has 3 aromatic heterocycles. The molecule has 0 fully saturated rings. The summed E-state index contributed by atoms with van der Waals surface area (Å²) in [5, 5.41) is 6.97. The fraction of sp³-hybridized carbons (Fsp3) is 0. The van der Waals surface area contributed by atoms with E-state index >= 15 is 0 Å². The van der Waals surface area contributed by atoms with Crippen molar-refractivity contribution in [3.8, 4) is 11.1 Å². The number of furan rings is 1. The quantitative estimate of drug-likeness (QED) is 0.211. The zero-order valence-electron chi connectivity index (χ0n) is 23.1. The second-order valence-electron chi connectivity index (χ2n) is 10.8. The van der Waals surface area contributed by atoms with Gasteiger partial charge in [0.15, 0.2) is 0 Å². The van der Waals surface area contributed by atoms with Gasteiger partial charge in [-0.1, -0.05) is 91.0 Å². The van der Waals surface area contributed by atoms with Crippen molar-refractivity contribution in [3.63, 3.8) is 0 Å². The largest absolute Gasteiger partial charge is 0.456 e. The van der Waals surface area contributed by atoms with Gasteiger partial charge in [-0.3, -0.25) is 4.90 Å². The Hall–Kier alpha value is -5.45. The zero-order valence-corrected chi connectivity index (χ0v) is 23.9. The van der Waals surface area contributed by atoms with Crippen LogP contribution in [0.3, 0.4) is 0 Å². The molecule has 0 aliphatic heterocycles. The Bertz CT molecular complexity index is 2460. The van der Waals surface area contributed by atoms with E-state index in [4.69, 9.17) is 9.40 Å². The van der Waals surface area contributed by atoms with Crippen molar-refractivity contribution in [1.82, 2.24) is 4.98 Å². The van der Waals surface area contributed by atoms with E-state index in [-0.39, 0.29) is 0 Å². The third-order valence-electron chi connectivity index (χ3n) is 8.29. The van der Waals surface area contributed by atoms with Crippen LogP contribution in [0.2, 0.25) is 0 Å². The molecule has 9 aromatic rings. The van der Waals surface area contributed by atoms with Gasteiger partial charge in [0, 0.05) is 43.1 Å². The van der Waals surface area contributed by atoms with Crippen molar-refractivity contribution >= 4 is 81.4 Å². The number of anilines is 3. The first kappa shape index (κ1) is 24.2. The first-order valence-corrected chi connectivity index (χ1v) is 15.2. The summed E-state index contributed by atoms with van der Waals surface area (Å²) in [7, 11) is 0. The van der Waals surface area contributed by atoms with Crippen LogP contribution in [0.25, 0.3) is 64.0 Å². The molecule has 3 heterocycles. The molecular weight excluding hydrogens is 545 g/mol. The number of hydrogen-bond acceptors (Lipinski definition) is 4. The molecule has 4 heteroatoms. The highest BCUT2D eigenvalue weighted by molar-refractivity contribution is 7.25. The topological polar surface area (TPSA) is 29.3 Å². The maximum Gasteiger partial charge on any atom is 0.149 e. The van der Waals surface area contributed by atoms with Crippen molar-refractivity contribution in [3.05, 3.63) is 146 Å². The number of hydrogen-bond donors (Lipinski definition) is 0. The van der Waals surface area contributed by atoms with Gasteiger partial charge in [-0.05, 0) is 70.4 Å². The van der Waals surface area contributed by atoms with Crippen LogP contribution < -0.4 is 4.90 Å². The van der Waals surface area contributed by atoms with Gasteiger partial charge < -0.3 is 4.42 Å². The van der Waals surface area contributed by atoms with E-state index in [9.17, 15) is 0 Å². The molecule has 0 unspecified atom stereocenters. The lowest BCUT2D eigenvalue weighted by molar-refractivity contribution is 0.669. The maximum atomic E-state index is 6.45. The molecule has 3 nitrogen and oxygen atoms in total. The molecule has 43 heavy (non-hydrogen) atoms. The van der Waals surface area contributed by atoms with Crippen LogP contribution in [0, 0.1) is 0 Å². The van der Waals surface area contributed by atoms with Crippen LogP contribution in [0.15, 0.2) is 150 Å². The summed E-state index contributed by atoms with van der Waals surface area (Å²) in [6.45, 7) is 0. The highest BCUT2D eigenvalue weighted by Crippen LogP contribution is 2.44. The molecule has 9 rings (SSSR count). The lowest BCUT2D eigenvalue weighted by atomic mass is 10.0. The number of thiophene rings is 1. The molecule has 6 aromatic carbocycles. The van der Waals surface area contributed by atoms with Crippen LogP contribution in [-0.2, 0) is 0 Å². The number of rotatable bonds is 4. The van der Waals surface area contributed by atoms with Gasteiger partial charge in [0.2, 0.25) is 0 Å². The van der Waals surface area contributed by atoms with Crippen LogP contribution >= 0.6 is 11.3 Å². The highest BCUT2D eigenvalue weighted by Gasteiger charge is 2.22. The summed E-state index contributed by atoms with van der Waals surface area (Å²) in [5.41, 5.74) is 6.15. The summed E-state index contributed by atoms with van der Waals surface area (Å²) in [5.74, 6) is 0.847. The minimum Gasteiger partial charge on any atom is -0.456 e.